The molecule has 9 heteroatoms. The lowest BCUT2D eigenvalue weighted by Gasteiger charge is -2.18. The van der Waals surface area contributed by atoms with Crippen LogP contribution in [0.3, 0.4) is 0 Å². The number of carboxylic acid groups (broad SMARTS) is 1. The number of amides is 2. The number of aliphatic carboxylic acids is 1. The van der Waals surface area contributed by atoms with Crippen LogP contribution < -0.4 is 10.6 Å². The number of nitrogens with one attached hydrogen (secondary N) is 2. The molecule has 1 atom stereocenters. The van der Waals surface area contributed by atoms with E-state index < -0.39 is 30.4 Å². The van der Waals surface area contributed by atoms with Crippen molar-refractivity contribution in [2.45, 2.75) is 37.1 Å². The van der Waals surface area contributed by atoms with Crippen molar-refractivity contribution < 1.29 is 24.2 Å². The SMILES string of the molecule is O=C(O)CC(NC(=O)OCC1c2ccccc2-c2ccccc21)C(=O)Nc1nc(C2CC2)cs1. The van der Waals surface area contributed by atoms with Crippen molar-refractivity contribution in [3.63, 3.8) is 0 Å². The zero-order valence-corrected chi connectivity index (χ0v) is 19.0. The first-order valence-corrected chi connectivity index (χ1v) is 12.0. The van der Waals surface area contributed by atoms with Crippen LogP contribution in [0, 0.1) is 0 Å². The standard InChI is InChI=1S/C25H23N3O5S/c29-22(30)11-20(23(31)28-24-26-21(13-34-24)14-9-10-14)27-25(32)33-12-19-17-7-3-1-5-15(17)16-6-2-4-8-18(16)19/h1-8,13-14,19-20H,9-12H2,(H,27,32)(H,29,30)(H,26,28,31). The first-order valence-electron chi connectivity index (χ1n) is 11.1. The van der Waals surface area contributed by atoms with Gasteiger partial charge in [0.2, 0.25) is 5.91 Å². The molecule has 1 unspecified atom stereocenters. The summed E-state index contributed by atoms with van der Waals surface area (Å²) >= 11 is 1.28. The number of thiazole rings is 1. The average Bonchev–Trinajstić information content (AvgIpc) is 3.49. The van der Waals surface area contributed by atoms with Gasteiger partial charge in [0.25, 0.3) is 0 Å². The van der Waals surface area contributed by atoms with E-state index in [-0.39, 0.29) is 12.5 Å². The number of alkyl carbamates (subject to hydrolysis) is 1. The summed E-state index contributed by atoms with van der Waals surface area (Å²) < 4.78 is 5.46. The van der Waals surface area contributed by atoms with Gasteiger partial charge in [-0.3, -0.25) is 9.59 Å². The highest BCUT2D eigenvalue weighted by molar-refractivity contribution is 7.14. The van der Waals surface area contributed by atoms with Crippen molar-refractivity contribution in [2.75, 3.05) is 11.9 Å². The molecule has 0 spiro atoms. The summed E-state index contributed by atoms with van der Waals surface area (Å²) in [6.07, 6.45) is 0.752. The average molecular weight is 478 g/mol. The van der Waals surface area contributed by atoms with Gasteiger partial charge in [0.05, 0.1) is 12.1 Å². The van der Waals surface area contributed by atoms with Crippen LogP contribution >= 0.6 is 11.3 Å². The number of carbonyl (C=O) groups excluding carboxylic acids is 2. The number of carboxylic acids is 1. The molecule has 2 aliphatic rings. The zero-order chi connectivity index (χ0) is 23.7. The molecule has 2 amide bonds. The quantitative estimate of drug-likeness (QED) is 0.444. The molecule has 8 nitrogen and oxygen atoms in total. The van der Waals surface area contributed by atoms with Crippen LogP contribution in [0.1, 0.15) is 47.9 Å². The number of anilines is 1. The Bertz CT molecular complexity index is 1210. The Labute approximate surface area is 200 Å². The van der Waals surface area contributed by atoms with Crippen LogP contribution in [-0.4, -0.2) is 40.7 Å². The van der Waals surface area contributed by atoms with Gasteiger partial charge in [-0.05, 0) is 35.1 Å². The molecule has 2 aliphatic carbocycles. The minimum atomic E-state index is -1.29. The number of fused-ring (bicyclic) bond motifs is 3. The maximum absolute atomic E-state index is 12.7. The minimum absolute atomic E-state index is 0.0680. The molecular weight excluding hydrogens is 454 g/mol. The molecule has 1 saturated carbocycles. The Morgan fingerprint density at radius 1 is 1.06 bits per heavy atom. The lowest BCUT2D eigenvalue weighted by Crippen LogP contribution is -2.45. The number of hydrogen-bond donors (Lipinski definition) is 3. The minimum Gasteiger partial charge on any atom is -0.481 e. The van der Waals surface area contributed by atoms with Crippen LogP contribution in [0.5, 0.6) is 0 Å². The number of ether oxygens (including phenoxy) is 1. The second kappa shape index (κ2) is 9.26. The van der Waals surface area contributed by atoms with Gasteiger partial charge in [0, 0.05) is 17.2 Å². The smallest absolute Gasteiger partial charge is 0.407 e. The highest BCUT2D eigenvalue weighted by atomic mass is 32.1. The van der Waals surface area contributed by atoms with Crippen LogP contribution in [-0.2, 0) is 14.3 Å². The van der Waals surface area contributed by atoms with E-state index in [4.69, 9.17) is 4.74 Å². The predicted octanol–water partition coefficient (Wildman–Crippen LogP) is 4.34. The second-order valence-corrected chi connectivity index (χ2v) is 9.32. The predicted molar refractivity (Wildman–Crippen MR) is 127 cm³/mol. The Hall–Kier alpha value is -3.72. The molecule has 1 fully saturated rings. The molecule has 0 bridgehead atoms. The fraction of sp³-hybridized carbons (Fsp3) is 0.280. The summed E-state index contributed by atoms with van der Waals surface area (Å²) in [5.74, 6) is -1.55. The van der Waals surface area contributed by atoms with Crippen molar-refractivity contribution in [3.05, 3.63) is 70.7 Å². The molecule has 5 rings (SSSR count). The third-order valence-electron chi connectivity index (χ3n) is 6.08. The maximum atomic E-state index is 12.7. The summed E-state index contributed by atoms with van der Waals surface area (Å²) in [7, 11) is 0. The number of hydrogen-bond acceptors (Lipinski definition) is 6. The van der Waals surface area contributed by atoms with E-state index in [9.17, 15) is 19.5 Å². The molecule has 1 heterocycles. The summed E-state index contributed by atoms with van der Waals surface area (Å²) in [5.41, 5.74) is 5.26. The topological polar surface area (TPSA) is 118 Å². The Morgan fingerprint density at radius 2 is 1.71 bits per heavy atom. The number of nitrogens with zero attached hydrogens (tertiary/aromatic N) is 1. The van der Waals surface area contributed by atoms with Crippen molar-refractivity contribution in [3.8, 4) is 11.1 Å². The Balaban J connectivity index is 1.23. The summed E-state index contributed by atoms with van der Waals surface area (Å²) in [5, 5.41) is 16.5. The zero-order valence-electron chi connectivity index (χ0n) is 18.2. The monoisotopic (exact) mass is 477 g/mol. The third-order valence-corrected chi connectivity index (χ3v) is 6.85. The molecule has 2 aromatic carbocycles. The van der Waals surface area contributed by atoms with Gasteiger partial charge < -0.3 is 20.5 Å². The summed E-state index contributed by atoms with van der Waals surface area (Å²) in [6, 6.07) is 14.6. The van der Waals surface area contributed by atoms with E-state index >= 15 is 0 Å². The molecule has 3 N–H and O–H groups in total. The van der Waals surface area contributed by atoms with E-state index in [1.165, 1.54) is 11.3 Å². The van der Waals surface area contributed by atoms with Gasteiger partial charge in [-0.25, -0.2) is 9.78 Å². The van der Waals surface area contributed by atoms with Crippen molar-refractivity contribution >= 4 is 34.4 Å². The van der Waals surface area contributed by atoms with Gasteiger partial charge in [0.15, 0.2) is 5.13 Å². The van der Waals surface area contributed by atoms with Crippen molar-refractivity contribution in [1.29, 1.82) is 0 Å². The van der Waals surface area contributed by atoms with Crippen molar-refractivity contribution in [1.82, 2.24) is 10.3 Å². The van der Waals surface area contributed by atoms with Crippen LogP contribution in [0.15, 0.2) is 53.9 Å². The lowest BCUT2D eigenvalue weighted by atomic mass is 9.98. The second-order valence-electron chi connectivity index (χ2n) is 8.46. The molecule has 0 radical (unpaired) electrons. The van der Waals surface area contributed by atoms with E-state index in [0.29, 0.717) is 11.0 Å². The van der Waals surface area contributed by atoms with Gasteiger partial charge >= 0.3 is 12.1 Å². The molecule has 0 saturated heterocycles. The van der Waals surface area contributed by atoms with Crippen LogP contribution in [0.4, 0.5) is 9.93 Å². The fourth-order valence-corrected chi connectivity index (χ4v) is 5.06. The molecule has 34 heavy (non-hydrogen) atoms. The number of aromatic nitrogens is 1. The van der Waals surface area contributed by atoms with Crippen LogP contribution in [0.2, 0.25) is 0 Å². The molecule has 174 valence electrons. The van der Waals surface area contributed by atoms with E-state index in [2.05, 4.69) is 15.6 Å². The Morgan fingerprint density at radius 3 is 2.32 bits per heavy atom. The molecular formula is C25H23N3O5S. The first kappa shape index (κ1) is 22.1. The largest absolute Gasteiger partial charge is 0.481 e. The highest BCUT2D eigenvalue weighted by Crippen LogP contribution is 2.44. The highest BCUT2D eigenvalue weighted by Gasteiger charge is 2.31. The Kier molecular flexibility index (Phi) is 6.02. The fourth-order valence-electron chi connectivity index (χ4n) is 4.27. The van der Waals surface area contributed by atoms with E-state index in [1.54, 1.807) is 0 Å². The summed E-state index contributed by atoms with van der Waals surface area (Å²) in [4.78, 5) is 40.9. The summed E-state index contributed by atoms with van der Waals surface area (Å²) in [6.45, 7) is 0.0680. The number of benzene rings is 2. The third kappa shape index (κ3) is 4.65. The van der Waals surface area contributed by atoms with Gasteiger partial charge in [-0.1, -0.05) is 48.5 Å². The normalized spacial score (nSPS) is 15.2. The molecule has 0 aliphatic heterocycles. The first-order chi connectivity index (χ1) is 16.5. The maximum Gasteiger partial charge on any atom is 0.407 e. The molecule has 3 aromatic rings. The number of rotatable bonds is 8. The molecule has 1 aromatic heterocycles. The number of carbonyl (C=O) groups is 3. The van der Waals surface area contributed by atoms with Crippen molar-refractivity contribution in [2.24, 2.45) is 0 Å². The lowest BCUT2D eigenvalue weighted by molar-refractivity contribution is -0.139. The van der Waals surface area contributed by atoms with E-state index in [0.717, 1.165) is 40.8 Å². The van der Waals surface area contributed by atoms with E-state index in [1.807, 2.05) is 53.9 Å². The van der Waals surface area contributed by atoms with Gasteiger partial charge in [0.1, 0.15) is 12.6 Å². The van der Waals surface area contributed by atoms with Gasteiger partial charge in [-0.2, -0.15) is 0 Å². The van der Waals surface area contributed by atoms with Gasteiger partial charge in [-0.15, -0.1) is 11.3 Å². The van der Waals surface area contributed by atoms with Crippen LogP contribution in [0.25, 0.3) is 11.1 Å².